The quantitative estimate of drug-likeness (QED) is 0.686. The summed E-state index contributed by atoms with van der Waals surface area (Å²) in [6.07, 6.45) is 6.98. The second-order valence-electron chi connectivity index (χ2n) is 5.06. The van der Waals surface area contributed by atoms with Gasteiger partial charge in [0.05, 0.1) is 6.54 Å². The highest BCUT2D eigenvalue weighted by molar-refractivity contribution is 5.78. The molecular formula is C13H21NO3. The maximum atomic E-state index is 11.5. The summed E-state index contributed by atoms with van der Waals surface area (Å²) in [5.74, 6) is 0.635. The molecule has 2 rings (SSSR count). The molecule has 1 saturated carbocycles. The van der Waals surface area contributed by atoms with Crippen LogP contribution in [0, 0.1) is 5.92 Å². The molecule has 0 aromatic heterocycles. The Morgan fingerprint density at radius 3 is 2.71 bits per heavy atom. The summed E-state index contributed by atoms with van der Waals surface area (Å²) in [6.45, 7) is 1.74. The van der Waals surface area contributed by atoms with Crippen molar-refractivity contribution >= 4 is 11.9 Å². The predicted molar refractivity (Wildman–Crippen MR) is 63.3 cm³/mol. The minimum atomic E-state index is -0.0939. The van der Waals surface area contributed by atoms with Crippen molar-refractivity contribution in [3.63, 3.8) is 0 Å². The van der Waals surface area contributed by atoms with Gasteiger partial charge in [-0.15, -0.1) is 0 Å². The van der Waals surface area contributed by atoms with Gasteiger partial charge < -0.3 is 9.64 Å². The van der Waals surface area contributed by atoms with Gasteiger partial charge in [0, 0.05) is 19.4 Å². The Morgan fingerprint density at radius 1 is 1.29 bits per heavy atom. The smallest absolute Gasteiger partial charge is 0.306 e. The number of nitrogens with zero attached hydrogens (tertiary/aromatic N) is 1. The van der Waals surface area contributed by atoms with Crippen LogP contribution in [0.25, 0.3) is 0 Å². The molecule has 1 saturated heterocycles. The molecule has 0 aromatic carbocycles. The molecule has 1 heterocycles. The molecule has 4 heteroatoms. The van der Waals surface area contributed by atoms with Crippen molar-refractivity contribution in [3.8, 4) is 0 Å². The number of likely N-dealkylation sites (tertiary alicyclic amines) is 1. The first-order valence-electron chi connectivity index (χ1n) is 6.69. The summed E-state index contributed by atoms with van der Waals surface area (Å²) in [7, 11) is 0. The lowest BCUT2D eigenvalue weighted by Gasteiger charge is -2.15. The molecule has 96 valence electrons. The molecule has 0 spiro atoms. The highest BCUT2D eigenvalue weighted by Gasteiger charge is 2.21. The fourth-order valence-corrected chi connectivity index (χ4v) is 2.72. The van der Waals surface area contributed by atoms with E-state index in [4.69, 9.17) is 4.74 Å². The van der Waals surface area contributed by atoms with Gasteiger partial charge in [0.25, 0.3) is 0 Å². The van der Waals surface area contributed by atoms with Crippen LogP contribution in [0.15, 0.2) is 0 Å². The maximum absolute atomic E-state index is 11.5. The molecule has 17 heavy (non-hydrogen) atoms. The van der Waals surface area contributed by atoms with Gasteiger partial charge in [0.1, 0.15) is 6.61 Å². The highest BCUT2D eigenvalue weighted by atomic mass is 16.5. The molecule has 0 aromatic rings. The van der Waals surface area contributed by atoms with E-state index in [1.807, 2.05) is 0 Å². The molecule has 2 fully saturated rings. The second-order valence-corrected chi connectivity index (χ2v) is 5.06. The number of rotatable bonds is 5. The molecule has 0 bridgehead atoms. The van der Waals surface area contributed by atoms with Crippen molar-refractivity contribution in [1.29, 1.82) is 0 Å². The van der Waals surface area contributed by atoms with Gasteiger partial charge in [-0.05, 0) is 25.2 Å². The van der Waals surface area contributed by atoms with Crippen molar-refractivity contribution in [2.75, 3.05) is 19.7 Å². The normalized spacial score (nSPS) is 21.2. The van der Waals surface area contributed by atoms with Crippen LogP contribution in [0.2, 0.25) is 0 Å². The first-order chi connectivity index (χ1) is 8.25. The van der Waals surface area contributed by atoms with Crippen molar-refractivity contribution in [3.05, 3.63) is 0 Å². The van der Waals surface area contributed by atoms with Gasteiger partial charge >= 0.3 is 5.97 Å². The Bertz CT molecular complexity index is 284. The van der Waals surface area contributed by atoms with Crippen molar-refractivity contribution in [2.45, 2.75) is 44.9 Å². The molecule has 0 atom stereocenters. The Hall–Kier alpha value is -1.06. The van der Waals surface area contributed by atoms with Crippen LogP contribution in [-0.2, 0) is 14.3 Å². The van der Waals surface area contributed by atoms with Crippen molar-refractivity contribution in [1.82, 2.24) is 4.90 Å². The number of esters is 1. The summed E-state index contributed by atoms with van der Waals surface area (Å²) in [6, 6.07) is 0. The molecule has 0 unspecified atom stereocenters. The van der Waals surface area contributed by atoms with Gasteiger partial charge in [-0.1, -0.05) is 12.8 Å². The summed E-state index contributed by atoms with van der Waals surface area (Å²) < 4.78 is 5.18. The van der Waals surface area contributed by atoms with Crippen molar-refractivity contribution in [2.24, 2.45) is 5.92 Å². The highest BCUT2D eigenvalue weighted by Crippen LogP contribution is 2.27. The number of amides is 1. The van der Waals surface area contributed by atoms with Gasteiger partial charge in [-0.3, -0.25) is 9.59 Å². The third-order valence-electron chi connectivity index (χ3n) is 3.73. The number of carbonyl (C=O) groups excluding carboxylic acids is 2. The van der Waals surface area contributed by atoms with E-state index in [2.05, 4.69) is 0 Å². The van der Waals surface area contributed by atoms with E-state index in [-0.39, 0.29) is 11.9 Å². The number of carbonyl (C=O) groups is 2. The lowest BCUT2D eigenvalue weighted by atomic mass is 10.1. The van der Waals surface area contributed by atoms with Crippen LogP contribution in [0.3, 0.4) is 0 Å². The lowest BCUT2D eigenvalue weighted by molar-refractivity contribution is -0.146. The van der Waals surface area contributed by atoms with E-state index in [1.54, 1.807) is 4.90 Å². The van der Waals surface area contributed by atoms with E-state index in [9.17, 15) is 9.59 Å². The lowest BCUT2D eigenvalue weighted by Crippen LogP contribution is -2.29. The number of hydrogen-bond donors (Lipinski definition) is 0. The van der Waals surface area contributed by atoms with Crippen LogP contribution >= 0.6 is 0 Å². The predicted octanol–water partition coefficient (Wildman–Crippen LogP) is 1.73. The molecule has 1 aliphatic heterocycles. The van der Waals surface area contributed by atoms with E-state index in [1.165, 1.54) is 25.7 Å². The second kappa shape index (κ2) is 6.03. The Labute approximate surface area is 102 Å². The van der Waals surface area contributed by atoms with Crippen LogP contribution in [0.4, 0.5) is 0 Å². The minimum Gasteiger partial charge on any atom is -0.464 e. The molecule has 2 aliphatic rings. The topological polar surface area (TPSA) is 46.6 Å². The minimum absolute atomic E-state index is 0.0939. The Balaban J connectivity index is 1.57. The monoisotopic (exact) mass is 239 g/mol. The fourth-order valence-electron chi connectivity index (χ4n) is 2.72. The molecule has 1 aliphatic carbocycles. The molecule has 0 N–H and O–H groups in total. The molecular weight excluding hydrogens is 218 g/mol. The number of hydrogen-bond acceptors (Lipinski definition) is 3. The Kier molecular flexibility index (Phi) is 4.40. The van der Waals surface area contributed by atoms with E-state index < -0.39 is 0 Å². The van der Waals surface area contributed by atoms with Crippen LogP contribution in [0.1, 0.15) is 44.9 Å². The zero-order valence-electron chi connectivity index (χ0n) is 10.3. The zero-order valence-corrected chi connectivity index (χ0v) is 10.3. The average molecular weight is 239 g/mol. The van der Waals surface area contributed by atoms with Gasteiger partial charge in [-0.25, -0.2) is 0 Å². The standard InChI is InChI=1S/C13H21NO3/c15-12-6-3-7-14(12)8-9-17-13(16)10-11-4-1-2-5-11/h11H,1-10H2. The maximum Gasteiger partial charge on any atom is 0.306 e. The number of ether oxygens (including phenoxy) is 1. The molecule has 1 amide bonds. The van der Waals surface area contributed by atoms with Crippen molar-refractivity contribution < 1.29 is 14.3 Å². The Morgan fingerprint density at radius 2 is 2.06 bits per heavy atom. The van der Waals surface area contributed by atoms with Gasteiger partial charge in [-0.2, -0.15) is 0 Å². The van der Waals surface area contributed by atoms with Crippen LogP contribution in [0.5, 0.6) is 0 Å². The van der Waals surface area contributed by atoms with E-state index >= 15 is 0 Å². The summed E-state index contributed by atoms with van der Waals surface area (Å²) in [5, 5.41) is 0. The zero-order chi connectivity index (χ0) is 12.1. The molecule has 4 nitrogen and oxygen atoms in total. The SMILES string of the molecule is O=C(CC1CCCC1)OCCN1CCCC1=O. The molecule has 0 radical (unpaired) electrons. The van der Waals surface area contributed by atoms with Gasteiger partial charge in [0.15, 0.2) is 0 Å². The summed E-state index contributed by atoms with van der Waals surface area (Å²) in [4.78, 5) is 24.6. The fraction of sp³-hybridized carbons (Fsp3) is 0.846. The third-order valence-corrected chi connectivity index (χ3v) is 3.73. The average Bonchev–Trinajstić information content (AvgIpc) is 2.91. The van der Waals surface area contributed by atoms with Crippen LogP contribution < -0.4 is 0 Å². The van der Waals surface area contributed by atoms with Crippen LogP contribution in [-0.4, -0.2) is 36.5 Å². The van der Waals surface area contributed by atoms with E-state index in [0.29, 0.717) is 31.9 Å². The third kappa shape index (κ3) is 3.72. The summed E-state index contributed by atoms with van der Waals surface area (Å²) in [5.41, 5.74) is 0. The first kappa shape index (κ1) is 12.4. The summed E-state index contributed by atoms with van der Waals surface area (Å²) >= 11 is 0. The first-order valence-corrected chi connectivity index (χ1v) is 6.69. The largest absolute Gasteiger partial charge is 0.464 e. The van der Waals surface area contributed by atoms with E-state index in [0.717, 1.165) is 13.0 Å². The van der Waals surface area contributed by atoms with Gasteiger partial charge in [0.2, 0.25) is 5.91 Å².